The zero-order valence-electron chi connectivity index (χ0n) is 13.7. The summed E-state index contributed by atoms with van der Waals surface area (Å²) < 4.78 is 15.5. The lowest BCUT2D eigenvalue weighted by Crippen LogP contribution is -2.44. The molecule has 1 amide bonds. The molecule has 0 aliphatic heterocycles. The highest BCUT2D eigenvalue weighted by molar-refractivity contribution is 6.35. The van der Waals surface area contributed by atoms with Crippen molar-refractivity contribution in [2.24, 2.45) is 0 Å². The van der Waals surface area contributed by atoms with Crippen LogP contribution in [0.15, 0.2) is 30.5 Å². The molecule has 0 saturated carbocycles. The molecule has 1 aromatic carbocycles. The van der Waals surface area contributed by atoms with Crippen LogP contribution in [0.1, 0.15) is 41.3 Å². The Kier molecular flexibility index (Phi) is 5.48. The molecular weight excluding hydrogens is 382 g/mol. The standard InChI is InChI=1S/C18H17Cl2FN2O3/c19-11-6-10(9-24)12(14(20)7-11)8-23-17(26)18(21)4-3-15(25)16-13(18)2-1-5-22-16/h1-2,5-7,15,24-25H,3-4,8-9H2,(H,23,26)/t15-,18-/m1/s1. The molecule has 0 spiro atoms. The topological polar surface area (TPSA) is 82.5 Å². The van der Waals surface area contributed by atoms with Crippen molar-refractivity contribution in [3.05, 3.63) is 62.9 Å². The molecule has 0 radical (unpaired) electrons. The van der Waals surface area contributed by atoms with Crippen LogP contribution in [0.2, 0.25) is 10.0 Å². The molecule has 0 saturated heterocycles. The molecular formula is C18H17Cl2FN2O3. The van der Waals surface area contributed by atoms with E-state index in [9.17, 15) is 15.0 Å². The first-order valence-electron chi connectivity index (χ1n) is 8.05. The Morgan fingerprint density at radius 1 is 1.42 bits per heavy atom. The van der Waals surface area contributed by atoms with Crippen molar-refractivity contribution in [1.29, 1.82) is 0 Å². The second-order valence-electron chi connectivity index (χ2n) is 6.16. The third kappa shape index (κ3) is 3.42. The normalized spacial score (nSPS) is 22.0. The van der Waals surface area contributed by atoms with E-state index < -0.39 is 17.7 Å². The van der Waals surface area contributed by atoms with E-state index in [1.807, 2.05) is 0 Å². The minimum atomic E-state index is -2.29. The molecule has 8 heteroatoms. The van der Waals surface area contributed by atoms with Gasteiger partial charge in [-0.1, -0.05) is 29.3 Å². The molecule has 0 fully saturated rings. The average molecular weight is 399 g/mol. The van der Waals surface area contributed by atoms with Crippen LogP contribution in [0, 0.1) is 0 Å². The lowest BCUT2D eigenvalue weighted by molar-refractivity contribution is -0.135. The highest BCUT2D eigenvalue weighted by Crippen LogP contribution is 2.42. The number of halogens is 3. The van der Waals surface area contributed by atoms with Gasteiger partial charge in [0.1, 0.15) is 0 Å². The second-order valence-corrected chi connectivity index (χ2v) is 7.00. The van der Waals surface area contributed by atoms with Crippen molar-refractivity contribution in [2.75, 3.05) is 0 Å². The van der Waals surface area contributed by atoms with Gasteiger partial charge in [-0.2, -0.15) is 0 Å². The molecule has 2 atom stereocenters. The van der Waals surface area contributed by atoms with E-state index in [0.29, 0.717) is 16.1 Å². The van der Waals surface area contributed by atoms with Crippen molar-refractivity contribution < 1.29 is 19.4 Å². The van der Waals surface area contributed by atoms with Gasteiger partial charge in [-0.3, -0.25) is 9.78 Å². The highest BCUT2D eigenvalue weighted by Gasteiger charge is 2.46. The number of alkyl halides is 1. The van der Waals surface area contributed by atoms with Crippen LogP contribution in [0.25, 0.3) is 0 Å². The highest BCUT2D eigenvalue weighted by atomic mass is 35.5. The Hall–Kier alpha value is -1.73. The van der Waals surface area contributed by atoms with Crippen molar-refractivity contribution in [3.63, 3.8) is 0 Å². The predicted molar refractivity (Wildman–Crippen MR) is 95.4 cm³/mol. The number of nitrogens with one attached hydrogen (secondary N) is 1. The molecule has 1 aliphatic rings. The third-order valence-electron chi connectivity index (χ3n) is 4.55. The fourth-order valence-electron chi connectivity index (χ4n) is 3.17. The van der Waals surface area contributed by atoms with Crippen LogP contribution < -0.4 is 5.32 Å². The predicted octanol–water partition coefficient (Wildman–Crippen LogP) is 3.19. The molecule has 1 heterocycles. The number of carbonyl (C=O) groups excluding carboxylic acids is 1. The third-order valence-corrected chi connectivity index (χ3v) is 5.11. The summed E-state index contributed by atoms with van der Waals surface area (Å²) in [6.45, 7) is -0.375. The SMILES string of the molecule is O=C(NCc1c(Cl)cc(Cl)cc1CO)[C@@]1(F)CC[C@@H](O)c2ncccc21. The lowest BCUT2D eigenvalue weighted by Gasteiger charge is -2.32. The number of aromatic nitrogens is 1. The summed E-state index contributed by atoms with van der Waals surface area (Å²) in [5.74, 6) is -0.839. The number of fused-ring (bicyclic) bond motifs is 1. The fourth-order valence-corrected chi connectivity index (χ4v) is 3.77. The van der Waals surface area contributed by atoms with E-state index in [1.165, 1.54) is 30.5 Å². The molecule has 0 bridgehead atoms. The molecule has 1 aliphatic carbocycles. The van der Waals surface area contributed by atoms with Crippen LogP contribution in [-0.2, 0) is 23.6 Å². The minimum Gasteiger partial charge on any atom is -0.392 e. The van der Waals surface area contributed by atoms with Crippen molar-refractivity contribution in [2.45, 2.75) is 37.8 Å². The first-order valence-corrected chi connectivity index (χ1v) is 8.80. The van der Waals surface area contributed by atoms with Gasteiger partial charge in [-0.25, -0.2) is 4.39 Å². The Balaban J connectivity index is 1.85. The number of carbonyl (C=O) groups is 1. The number of hydrogen-bond acceptors (Lipinski definition) is 4. The number of hydrogen-bond donors (Lipinski definition) is 3. The van der Waals surface area contributed by atoms with Gasteiger partial charge in [0.15, 0.2) is 0 Å². The average Bonchev–Trinajstić information content (AvgIpc) is 2.63. The zero-order valence-corrected chi connectivity index (χ0v) is 15.2. The fraction of sp³-hybridized carbons (Fsp3) is 0.333. The van der Waals surface area contributed by atoms with E-state index in [0.717, 1.165) is 0 Å². The first-order chi connectivity index (χ1) is 12.4. The van der Waals surface area contributed by atoms with Gasteiger partial charge in [0, 0.05) is 28.4 Å². The maximum Gasteiger partial charge on any atom is 0.262 e. The summed E-state index contributed by atoms with van der Waals surface area (Å²) in [6.07, 6.45) is 0.499. The van der Waals surface area contributed by atoms with E-state index in [1.54, 1.807) is 0 Å². The minimum absolute atomic E-state index is 0.0610. The largest absolute Gasteiger partial charge is 0.392 e. The van der Waals surface area contributed by atoms with Crippen LogP contribution in [0.3, 0.4) is 0 Å². The van der Waals surface area contributed by atoms with Crippen molar-refractivity contribution in [1.82, 2.24) is 10.3 Å². The van der Waals surface area contributed by atoms with Crippen LogP contribution in [0.5, 0.6) is 0 Å². The van der Waals surface area contributed by atoms with Gasteiger partial charge in [0.25, 0.3) is 5.91 Å². The number of rotatable bonds is 4. The van der Waals surface area contributed by atoms with Gasteiger partial charge >= 0.3 is 0 Å². The number of pyridine rings is 1. The Labute approximate surface area is 159 Å². The molecule has 138 valence electrons. The van der Waals surface area contributed by atoms with Gasteiger partial charge < -0.3 is 15.5 Å². The van der Waals surface area contributed by atoms with Crippen LogP contribution in [0.4, 0.5) is 4.39 Å². The quantitative estimate of drug-likeness (QED) is 0.738. The number of benzene rings is 1. The smallest absolute Gasteiger partial charge is 0.262 e. The monoisotopic (exact) mass is 398 g/mol. The molecule has 5 nitrogen and oxygen atoms in total. The second kappa shape index (κ2) is 7.48. The van der Waals surface area contributed by atoms with Gasteiger partial charge in [0.05, 0.1) is 18.4 Å². The molecule has 0 unspecified atom stereocenters. The van der Waals surface area contributed by atoms with E-state index in [2.05, 4.69) is 10.3 Å². The Morgan fingerprint density at radius 3 is 2.92 bits per heavy atom. The summed E-state index contributed by atoms with van der Waals surface area (Å²) in [5, 5.41) is 22.6. The van der Waals surface area contributed by atoms with E-state index in [-0.39, 0.29) is 42.3 Å². The number of amides is 1. The van der Waals surface area contributed by atoms with Gasteiger partial charge in [-0.15, -0.1) is 0 Å². The number of aliphatic hydroxyl groups excluding tert-OH is 2. The first kappa shape index (κ1) is 19.0. The maximum atomic E-state index is 15.5. The van der Waals surface area contributed by atoms with Gasteiger partial charge in [-0.05, 0) is 42.2 Å². The van der Waals surface area contributed by atoms with Crippen molar-refractivity contribution >= 4 is 29.1 Å². The molecule has 1 aromatic heterocycles. The molecule has 2 aromatic rings. The molecule has 3 rings (SSSR count). The Morgan fingerprint density at radius 2 is 2.19 bits per heavy atom. The summed E-state index contributed by atoms with van der Waals surface area (Å²) in [6, 6.07) is 6.01. The molecule has 26 heavy (non-hydrogen) atoms. The summed E-state index contributed by atoms with van der Waals surface area (Å²) in [5.41, 5.74) is -1.12. The van der Waals surface area contributed by atoms with E-state index in [4.69, 9.17) is 23.2 Å². The maximum absolute atomic E-state index is 15.5. The Bertz CT molecular complexity index is 849. The zero-order chi connectivity index (χ0) is 18.9. The lowest BCUT2D eigenvalue weighted by atomic mass is 9.81. The van der Waals surface area contributed by atoms with Crippen LogP contribution >= 0.6 is 23.2 Å². The summed E-state index contributed by atoms with van der Waals surface area (Å²) >= 11 is 12.0. The summed E-state index contributed by atoms with van der Waals surface area (Å²) in [7, 11) is 0. The molecule has 3 N–H and O–H groups in total. The number of nitrogens with zero attached hydrogens (tertiary/aromatic N) is 1. The number of aliphatic hydroxyl groups is 2. The summed E-state index contributed by atoms with van der Waals surface area (Å²) in [4.78, 5) is 16.6. The van der Waals surface area contributed by atoms with Gasteiger partial charge in [0.2, 0.25) is 5.67 Å². The van der Waals surface area contributed by atoms with Crippen LogP contribution in [-0.4, -0.2) is 21.1 Å². The van der Waals surface area contributed by atoms with E-state index >= 15 is 4.39 Å². The van der Waals surface area contributed by atoms with Crippen molar-refractivity contribution in [3.8, 4) is 0 Å².